The number of hydrogen-bond donors (Lipinski definition) is 0. The first-order valence-corrected chi connectivity index (χ1v) is 7.47. The van der Waals surface area contributed by atoms with Crippen LogP contribution in [-0.2, 0) is 4.74 Å². The summed E-state index contributed by atoms with van der Waals surface area (Å²) in [6.45, 7) is 3.75. The summed E-state index contributed by atoms with van der Waals surface area (Å²) < 4.78 is 10.1. The van der Waals surface area contributed by atoms with Gasteiger partial charge in [-0.3, -0.25) is 0 Å². The molecule has 0 fully saturated rings. The molecule has 22 heavy (non-hydrogen) atoms. The molecule has 0 heterocycles. The molecule has 0 aliphatic rings. The molecule has 0 atom stereocenters. The van der Waals surface area contributed by atoms with Crippen molar-refractivity contribution in [1.29, 1.82) is 0 Å². The number of rotatable bonds is 6. The van der Waals surface area contributed by atoms with Crippen molar-refractivity contribution in [3.8, 4) is 5.75 Å². The first-order valence-electron chi connectivity index (χ1n) is 7.09. The molecule has 0 saturated carbocycles. The van der Waals surface area contributed by atoms with E-state index in [0.717, 1.165) is 12.2 Å². The van der Waals surface area contributed by atoms with Crippen molar-refractivity contribution in [1.82, 2.24) is 0 Å². The maximum absolute atomic E-state index is 11.6. The Labute approximate surface area is 135 Å². The van der Waals surface area contributed by atoms with Gasteiger partial charge in [-0.1, -0.05) is 29.8 Å². The summed E-state index contributed by atoms with van der Waals surface area (Å²) in [4.78, 5) is 13.7. The van der Waals surface area contributed by atoms with Gasteiger partial charge in [0.15, 0.2) is 0 Å². The van der Waals surface area contributed by atoms with Crippen LogP contribution >= 0.6 is 11.6 Å². The van der Waals surface area contributed by atoms with E-state index in [1.165, 1.54) is 0 Å². The highest BCUT2D eigenvalue weighted by molar-refractivity contribution is 6.30. The van der Waals surface area contributed by atoms with Crippen LogP contribution in [0, 0.1) is 0 Å². The number of anilines is 1. The fourth-order valence-corrected chi connectivity index (χ4v) is 2.10. The Hall–Kier alpha value is -2.20. The summed E-state index contributed by atoms with van der Waals surface area (Å²) in [6, 6.07) is 16.5. The third-order valence-electron chi connectivity index (χ3n) is 3.10. The minimum atomic E-state index is -0.716. The summed E-state index contributed by atoms with van der Waals surface area (Å²) in [5, 5.41) is 0.585. The highest BCUT2D eigenvalue weighted by atomic mass is 35.5. The number of carbonyl (C=O) groups is 1. The van der Waals surface area contributed by atoms with E-state index in [1.807, 2.05) is 30.3 Å². The molecule has 0 unspecified atom stereocenters. The van der Waals surface area contributed by atoms with Crippen molar-refractivity contribution in [3.05, 3.63) is 59.6 Å². The lowest BCUT2D eigenvalue weighted by molar-refractivity contribution is 0.101. The predicted octanol–water partition coefficient (Wildman–Crippen LogP) is 4.38. The van der Waals surface area contributed by atoms with Gasteiger partial charge in [-0.15, -0.1) is 0 Å². The average Bonchev–Trinajstić information content (AvgIpc) is 2.54. The fraction of sp³-hybridized carbons (Fsp3) is 0.235. The molecule has 2 rings (SSSR count). The first-order chi connectivity index (χ1) is 10.7. The summed E-state index contributed by atoms with van der Waals surface area (Å²) in [7, 11) is 0. The van der Waals surface area contributed by atoms with Gasteiger partial charge >= 0.3 is 6.16 Å². The number of halogens is 1. The van der Waals surface area contributed by atoms with Crippen LogP contribution in [0.1, 0.15) is 6.92 Å². The smallest absolute Gasteiger partial charge is 0.432 e. The van der Waals surface area contributed by atoms with Gasteiger partial charge in [0.25, 0.3) is 0 Å². The molecule has 4 nitrogen and oxygen atoms in total. The normalized spacial score (nSPS) is 10.1. The van der Waals surface area contributed by atoms with Crippen molar-refractivity contribution in [2.75, 3.05) is 24.6 Å². The zero-order valence-electron chi connectivity index (χ0n) is 12.4. The number of para-hydroxylation sites is 1. The Morgan fingerprint density at radius 3 is 2.41 bits per heavy atom. The van der Waals surface area contributed by atoms with E-state index in [2.05, 4.69) is 11.8 Å². The van der Waals surface area contributed by atoms with Gasteiger partial charge in [0.05, 0.1) is 6.54 Å². The van der Waals surface area contributed by atoms with Gasteiger partial charge in [-0.05, 0) is 43.3 Å². The largest absolute Gasteiger partial charge is 0.513 e. The number of hydrogen-bond acceptors (Lipinski definition) is 4. The monoisotopic (exact) mass is 319 g/mol. The van der Waals surface area contributed by atoms with Crippen LogP contribution in [0.2, 0.25) is 5.02 Å². The molecule has 0 amide bonds. The lowest BCUT2D eigenvalue weighted by Gasteiger charge is -2.22. The Morgan fingerprint density at radius 1 is 1.09 bits per heavy atom. The highest BCUT2D eigenvalue weighted by Gasteiger charge is 2.08. The summed E-state index contributed by atoms with van der Waals surface area (Å²) in [5.41, 5.74) is 1.10. The van der Waals surface area contributed by atoms with E-state index in [4.69, 9.17) is 21.1 Å². The third-order valence-corrected chi connectivity index (χ3v) is 3.35. The zero-order valence-corrected chi connectivity index (χ0v) is 13.1. The standard InChI is InChI=1S/C17H18ClNO3/c1-2-19(15-6-4-3-5-7-15)12-13-21-17(20)22-16-10-8-14(18)9-11-16/h3-11H,2,12-13H2,1H3. The van der Waals surface area contributed by atoms with Crippen LogP contribution in [-0.4, -0.2) is 25.9 Å². The molecule has 0 radical (unpaired) electrons. The second kappa shape index (κ2) is 8.29. The van der Waals surface area contributed by atoms with Crippen molar-refractivity contribution in [2.45, 2.75) is 6.92 Å². The quantitative estimate of drug-likeness (QED) is 0.585. The fourth-order valence-electron chi connectivity index (χ4n) is 1.98. The van der Waals surface area contributed by atoms with Gasteiger partial charge < -0.3 is 14.4 Å². The molecule has 5 heteroatoms. The molecule has 2 aromatic rings. The average molecular weight is 320 g/mol. The Kier molecular flexibility index (Phi) is 6.10. The lowest BCUT2D eigenvalue weighted by Crippen LogP contribution is -2.28. The van der Waals surface area contributed by atoms with Crippen LogP contribution < -0.4 is 9.64 Å². The van der Waals surface area contributed by atoms with Gasteiger partial charge in [0, 0.05) is 17.3 Å². The number of likely N-dealkylation sites (N-methyl/N-ethyl adjacent to an activating group) is 1. The van der Waals surface area contributed by atoms with Gasteiger partial charge in [0.1, 0.15) is 12.4 Å². The molecule has 0 N–H and O–H groups in total. The summed E-state index contributed by atoms with van der Waals surface area (Å²) in [6.07, 6.45) is -0.716. The van der Waals surface area contributed by atoms with Crippen molar-refractivity contribution >= 4 is 23.4 Å². The zero-order chi connectivity index (χ0) is 15.8. The molecule has 0 saturated heterocycles. The second-order valence-electron chi connectivity index (χ2n) is 4.57. The van der Waals surface area contributed by atoms with Gasteiger partial charge in [-0.25, -0.2) is 4.79 Å². The Morgan fingerprint density at radius 2 is 1.77 bits per heavy atom. The molecule has 0 spiro atoms. The van der Waals surface area contributed by atoms with Gasteiger partial charge in [-0.2, -0.15) is 0 Å². The van der Waals surface area contributed by atoms with E-state index in [1.54, 1.807) is 24.3 Å². The first kappa shape index (κ1) is 16.2. The van der Waals surface area contributed by atoms with E-state index in [0.29, 0.717) is 17.3 Å². The maximum atomic E-state index is 11.6. The Bertz CT molecular complexity index is 587. The molecular weight excluding hydrogens is 302 g/mol. The van der Waals surface area contributed by atoms with Crippen LogP contribution in [0.25, 0.3) is 0 Å². The Balaban J connectivity index is 1.77. The number of benzene rings is 2. The highest BCUT2D eigenvalue weighted by Crippen LogP contribution is 2.16. The van der Waals surface area contributed by atoms with Crippen LogP contribution in [0.4, 0.5) is 10.5 Å². The van der Waals surface area contributed by atoms with Crippen LogP contribution in [0.3, 0.4) is 0 Å². The number of ether oxygens (including phenoxy) is 2. The van der Waals surface area contributed by atoms with Gasteiger partial charge in [0.2, 0.25) is 0 Å². The van der Waals surface area contributed by atoms with Crippen molar-refractivity contribution in [3.63, 3.8) is 0 Å². The molecular formula is C17H18ClNO3. The van der Waals surface area contributed by atoms with Crippen LogP contribution in [0.15, 0.2) is 54.6 Å². The molecule has 2 aromatic carbocycles. The van der Waals surface area contributed by atoms with Crippen molar-refractivity contribution < 1.29 is 14.3 Å². The SMILES string of the molecule is CCN(CCOC(=O)Oc1ccc(Cl)cc1)c1ccccc1. The molecule has 116 valence electrons. The molecule has 0 aliphatic heterocycles. The number of nitrogens with zero attached hydrogens (tertiary/aromatic N) is 1. The van der Waals surface area contributed by atoms with E-state index in [-0.39, 0.29) is 6.61 Å². The van der Waals surface area contributed by atoms with E-state index >= 15 is 0 Å². The van der Waals surface area contributed by atoms with E-state index < -0.39 is 6.16 Å². The maximum Gasteiger partial charge on any atom is 0.513 e. The van der Waals surface area contributed by atoms with Crippen molar-refractivity contribution in [2.24, 2.45) is 0 Å². The summed E-state index contributed by atoms with van der Waals surface area (Å²) in [5.74, 6) is 0.407. The second-order valence-corrected chi connectivity index (χ2v) is 5.01. The number of carbonyl (C=O) groups excluding carboxylic acids is 1. The lowest BCUT2D eigenvalue weighted by atomic mass is 10.3. The van der Waals surface area contributed by atoms with E-state index in [9.17, 15) is 4.79 Å². The minimum Gasteiger partial charge on any atom is -0.432 e. The topological polar surface area (TPSA) is 38.8 Å². The minimum absolute atomic E-state index is 0.259. The molecule has 0 bridgehead atoms. The van der Waals surface area contributed by atoms with Crippen LogP contribution in [0.5, 0.6) is 5.75 Å². The summed E-state index contributed by atoms with van der Waals surface area (Å²) >= 11 is 5.76. The predicted molar refractivity (Wildman–Crippen MR) is 87.8 cm³/mol. The molecule has 0 aliphatic carbocycles. The third kappa shape index (κ3) is 4.97. The molecule has 0 aromatic heterocycles.